The summed E-state index contributed by atoms with van der Waals surface area (Å²) in [5.41, 5.74) is 0. The SMILES string of the molecule is CC(O)Cn1nnnc1C(C)C. The normalized spacial score (nSPS) is 13.8. The van der Waals surface area contributed by atoms with Crippen molar-refractivity contribution in [1.82, 2.24) is 20.2 Å². The van der Waals surface area contributed by atoms with Crippen molar-refractivity contribution >= 4 is 0 Å². The van der Waals surface area contributed by atoms with Crippen LogP contribution >= 0.6 is 0 Å². The fourth-order valence-electron chi connectivity index (χ4n) is 1.01. The van der Waals surface area contributed by atoms with E-state index in [9.17, 15) is 0 Å². The number of aliphatic hydroxyl groups excluding tert-OH is 1. The van der Waals surface area contributed by atoms with E-state index in [2.05, 4.69) is 15.5 Å². The Morgan fingerprint density at radius 2 is 2.08 bits per heavy atom. The summed E-state index contributed by atoms with van der Waals surface area (Å²) in [6.45, 7) is 6.21. The fourth-order valence-corrected chi connectivity index (χ4v) is 1.01. The van der Waals surface area contributed by atoms with Gasteiger partial charge in [-0.25, -0.2) is 4.68 Å². The van der Waals surface area contributed by atoms with Gasteiger partial charge < -0.3 is 5.11 Å². The second-order valence-corrected chi connectivity index (χ2v) is 3.22. The zero-order chi connectivity index (χ0) is 9.14. The smallest absolute Gasteiger partial charge is 0.153 e. The highest BCUT2D eigenvalue weighted by atomic mass is 16.3. The van der Waals surface area contributed by atoms with Gasteiger partial charge in [-0.2, -0.15) is 0 Å². The maximum Gasteiger partial charge on any atom is 0.153 e. The van der Waals surface area contributed by atoms with Crippen LogP contribution in [0, 0.1) is 0 Å². The summed E-state index contributed by atoms with van der Waals surface area (Å²) < 4.78 is 1.63. The van der Waals surface area contributed by atoms with Crippen molar-refractivity contribution in [2.24, 2.45) is 0 Å². The topological polar surface area (TPSA) is 63.8 Å². The third-order valence-corrected chi connectivity index (χ3v) is 1.51. The maximum absolute atomic E-state index is 9.11. The zero-order valence-corrected chi connectivity index (χ0v) is 7.60. The molecule has 0 saturated heterocycles. The molecule has 5 heteroatoms. The van der Waals surface area contributed by atoms with Crippen LogP contribution in [0.1, 0.15) is 32.5 Å². The minimum absolute atomic E-state index is 0.291. The number of aliphatic hydroxyl groups is 1. The van der Waals surface area contributed by atoms with Gasteiger partial charge in [0.05, 0.1) is 12.6 Å². The van der Waals surface area contributed by atoms with Gasteiger partial charge in [0.15, 0.2) is 5.82 Å². The van der Waals surface area contributed by atoms with Gasteiger partial charge in [-0.3, -0.25) is 0 Å². The van der Waals surface area contributed by atoms with E-state index in [1.165, 1.54) is 0 Å². The third kappa shape index (κ3) is 2.01. The van der Waals surface area contributed by atoms with E-state index < -0.39 is 6.10 Å². The van der Waals surface area contributed by atoms with Crippen molar-refractivity contribution < 1.29 is 5.11 Å². The molecule has 0 fully saturated rings. The molecule has 68 valence electrons. The molecule has 0 amide bonds. The van der Waals surface area contributed by atoms with Gasteiger partial charge in [0.2, 0.25) is 0 Å². The Hall–Kier alpha value is -0.970. The zero-order valence-electron chi connectivity index (χ0n) is 7.60. The summed E-state index contributed by atoms with van der Waals surface area (Å²) in [7, 11) is 0. The molecule has 1 aromatic heterocycles. The van der Waals surface area contributed by atoms with Gasteiger partial charge in [0.1, 0.15) is 0 Å². The number of tetrazole rings is 1. The van der Waals surface area contributed by atoms with Crippen molar-refractivity contribution in [2.75, 3.05) is 0 Å². The minimum Gasteiger partial charge on any atom is -0.391 e. The van der Waals surface area contributed by atoms with Crippen molar-refractivity contribution in [3.63, 3.8) is 0 Å². The first-order chi connectivity index (χ1) is 5.61. The molecule has 0 saturated carbocycles. The van der Waals surface area contributed by atoms with Gasteiger partial charge in [-0.15, -0.1) is 5.10 Å². The summed E-state index contributed by atoms with van der Waals surface area (Å²) >= 11 is 0. The summed E-state index contributed by atoms with van der Waals surface area (Å²) in [5, 5.41) is 20.3. The molecule has 5 nitrogen and oxygen atoms in total. The number of aromatic nitrogens is 4. The molecule has 0 radical (unpaired) electrons. The van der Waals surface area contributed by atoms with Crippen LogP contribution in [0.25, 0.3) is 0 Å². The van der Waals surface area contributed by atoms with E-state index >= 15 is 0 Å². The highest BCUT2D eigenvalue weighted by Gasteiger charge is 2.10. The summed E-state index contributed by atoms with van der Waals surface area (Å²) in [5.74, 6) is 1.11. The van der Waals surface area contributed by atoms with Crippen LogP contribution < -0.4 is 0 Å². The van der Waals surface area contributed by atoms with Crippen LogP contribution in [0.5, 0.6) is 0 Å². The molecule has 0 aromatic carbocycles. The number of rotatable bonds is 3. The first-order valence-corrected chi connectivity index (χ1v) is 4.05. The molecule has 0 aliphatic carbocycles. The van der Waals surface area contributed by atoms with Crippen LogP contribution in [0.15, 0.2) is 0 Å². The molecule has 0 spiro atoms. The van der Waals surface area contributed by atoms with E-state index in [0.717, 1.165) is 5.82 Å². The highest BCUT2D eigenvalue weighted by Crippen LogP contribution is 2.08. The van der Waals surface area contributed by atoms with Crippen LogP contribution in [0.2, 0.25) is 0 Å². The second kappa shape index (κ2) is 3.62. The Labute approximate surface area is 71.4 Å². The monoisotopic (exact) mass is 170 g/mol. The predicted molar refractivity (Wildman–Crippen MR) is 43.6 cm³/mol. The Bertz CT molecular complexity index is 243. The Kier molecular flexibility index (Phi) is 2.75. The maximum atomic E-state index is 9.11. The molecule has 0 aliphatic heterocycles. The highest BCUT2D eigenvalue weighted by molar-refractivity contribution is 4.88. The van der Waals surface area contributed by atoms with Crippen LogP contribution in [0.4, 0.5) is 0 Å². The average Bonchev–Trinajstić information content (AvgIpc) is 2.33. The van der Waals surface area contributed by atoms with Gasteiger partial charge in [0, 0.05) is 5.92 Å². The molecule has 1 rings (SSSR count). The first-order valence-electron chi connectivity index (χ1n) is 4.05. The summed E-state index contributed by atoms with van der Waals surface area (Å²) in [4.78, 5) is 0. The molecule has 1 unspecified atom stereocenters. The molecule has 1 heterocycles. The predicted octanol–water partition coefficient (Wildman–Crippen LogP) is 0.177. The molecular formula is C7H14N4O. The molecule has 0 aliphatic rings. The quantitative estimate of drug-likeness (QED) is 0.702. The van der Waals surface area contributed by atoms with Gasteiger partial charge in [-0.05, 0) is 17.4 Å². The second-order valence-electron chi connectivity index (χ2n) is 3.22. The van der Waals surface area contributed by atoms with Crippen molar-refractivity contribution in [1.29, 1.82) is 0 Å². The lowest BCUT2D eigenvalue weighted by atomic mass is 10.2. The van der Waals surface area contributed by atoms with Crippen LogP contribution in [-0.2, 0) is 6.54 Å². The van der Waals surface area contributed by atoms with E-state index in [1.807, 2.05) is 13.8 Å². The minimum atomic E-state index is -0.411. The largest absolute Gasteiger partial charge is 0.391 e. The molecular weight excluding hydrogens is 156 g/mol. The molecule has 1 N–H and O–H groups in total. The molecule has 12 heavy (non-hydrogen) atoms. The number of hydrogen-bond donors (Lipinski definition) is 1. The first kappa shape index (κ1) is 9.12. The third-order valence-electron chi connectivity index (χ3n) is 1.51. The Morgan fingerprint density at radius 1 is 1.42 bits per heavy atom. The lowest BCUT2D eigenvalue weighted by molar-refractivity contribution is 0.165. The molecule has 1 atom stereocenters. The van der Waals surface area contributed by atoms with Gasteiger partial charge >= 0.3 is 0 Å². The molecule has 0 bridgehead atoms. The lowest BCUT2D eigenvalue weighted by Crippen LogP contribution is -2.16. The van der Waals surface area contributed by atoms with E-state index in [1.54, 1.807) is 11.6 Å². The van der Waals surface area contributed by atoms with Crippen LogP contribution in [-0.4, -0.2) is 31.4 Å². The van der Waals surface area contributed by atoms with Gasteiger partial charge in [-0.1, -0.05) is 13.8 Å². The van der Waals surface area contributed by atoms with E-state index in [0.29, 0.717) is 12.5 Å². The van der Waals surface area contributed by atoms with E-state index in [4.69, 9.17) is 5.11 Å². The Balaban J connectivity index is 2.77. The van der Waals surface area contributed by atoms with Crippen LogP contribution in [0.3, 0.4) is 0 Å². The summed E-state index contributed by atoms with van der Waals surface area (Å²) in [6, 6.07) is 0. The van der Waals surface area contributed by atoms with Crippen molar-refractivity contribution in [3.8, 4) is 0 Å². The average molecular weight is 170 g/mol. The number of nitrogens with zero attached hydrogens (tertiary/aromatic N) is 4. The molecule has 1 aromatic rings. The van der Waals surface area contributed by atoms with Gasteiger partial charge in [0.25, 0.3) is 0 Å². The summed E-state index contributed by atoms with van der Waals surface area (Å²) in [6.07, 6.45) is -0.411. The fraction of sp³-hybridized carbons (Fsp3) is 0.857. The van der Waals surface area contributed by atoms with Crippen molar-refractivity contribution in [2.45, 2.75) is 39.3 Å². The Morgan fingerprint density at radius 3 is 2.58 bits per heavy atom. The number of hydrogen-bond acceptors (Lipinski definition) is 4. The standard InChI is InChI=1S/C7H14N4O/c1-5(2)7-8-9-10-11(7)4-6(3)12/h5-6,12H,4H2,1-3H3. The van der Waals surface area contributed by atoms with E-state index in [-0.39, 0.29) is 0 Å². The van der Waals surface area contributed by atoms with Crippen molar-refractivity contribution in [3.05, 3.63) is 5.82 Å². The lowest BCUT2D eigenvalue weighted by Gasteiger charge is -2.07.